The van der Waals surface area contributed by atoms with E-state index < -0.39 is 10.0 Å². The van der Waals surface area contributed by atoms with Crippen molar-refractivity contribution in [1.29, 1.82) is 0 Å². The predicted molar refractivity (Wildman–Crippen MR) is 128 cm³/mol. The number of piperazine rings is 1. The smallest absolute Gasteiger partial charge is 0.285 e. The van der Waals surface area contributed by atoms with Crippen molar-refractivity contribution in [3.8, 4) is 0 Å². The molecule has 1 fully saturated rings. The molecule has 0 unspecified atom stereocenters. The van der Waals surface area contributed by atoms with Crippen LogP contribution in [0.4, 0.5) is 5.69 Å². The summed E-state index contributed by atoms with van der Waals surface area (Å²) in [6, 6.07) is 15.7. The minimum Gasteiger partial charge on any atom is -0.339 e. The van der Waals surface area contributed by atoms with Crippen LogP contribution in [0.15, 0.2) is 58.5 Å². The second-order valence-electron chi connectivity index (χ2n) is 8.27. The van der Waals surface area contributed by atoms with Crippen LogP contribution >= 0.6 is 0 Å². The summed E-state index contributed by atoms with van der Waals surface area (Å²) in [6.45, 7) is 12.5. The van der Waals surface area contributed by atoms with E-state index in [1.165, 1.54) is 5.56 Å². The van der Waals surface area contributed by atoms with Crippen LogP contribution in [0.2, 0.25) is 0 Å². The Kier molecular flexibility index (Phi) is 6.27. The lowest BCUT2D eigenvalue weighted by Gasteiger charge is -2.34. The molecular formula is C24H30N4O2S. The number of anilines is 1. The van der Waals surface area contributed by atoms with Crippen LogP contribution in [0.3, 0.4) is 0 Å². The lowest BCUT2D eigenvalue weighted by Crippen LogP contribution is -2.45. The van der Waals surface area contributed by atoms with Gasteiger partial charge in [-0.25, -0.2) is 0 Å². The molecule has 1 N–H and O–H groups in total. The Morgan fingerprint density at radius 1 is 0.903 bits per heavy atom. The summed E-state index contributed by atoms with van der Waals surface area (Å²) < 4.78 is 29.4. The Bertz CT molecular complexity index is 1100. The molecule has 2 heterocycles. The second-order valence-corrected chi connectivity index (χ2v) is 9.81. The first-order chi connectivity index (χ1) is 14.9. The van der Waals surface area contributed by atoms with E-state index in [-0.39, 0.29) is 4.91 Å². The third-order valence-corrected chi connectivity index (χ3v) is 7.49. The Hall–Kier alpha value is -2.48. The number of likely N-dealkylation sites (N-methyl/N-ethyl adjacent to an activating group) is 1. The average molecular weight is 439 g/mol. The zero-order chi connectivity index (χ0) is 22.0. The maximum Gasteiger partial charge on any atom is 0.285 e. The van der Waals surface area contributed by atoms with E-state index in [4.69, 9.17) is 0 Å². The van der Waals surface area contributed by atoms with Gasteiger partial charge in [0.2, 0.25) is 0 Å². The van der Waals surface area contributed by atoms with Gasteiger partial charge < -0.3 is 10.2 Å². The molecule has 2 aliphatic rings. The van der Waals surface area contributed by atoms with E-state index in [9.17, 15) is 8.42 Å². The molecule has 1 saturated heterocycles. The maximum absolute atomic E-state index is 12.7. The number of amidine groups is 1. The molecule has 2 aliphatic heterocycles. The van der Waals surface area contributed by atoms with Gasteiger partial charge in [0.1, 0.15) is 10.7 Å². The number of hydrogen-bond acceptors (Lipinski definition) is 5. The molecule has 4 rings (SSSR count). The molecule has 7 heteroatoms. The van der Waals surface area contributed by atoms with Gasteiger partial charge in [0.25, 0.3) is 10.0 Å². The summed E-state index contributed by atoms with van der Waals surface area (Å²) in [5, 5.41) is 3.19. The number of aryl methyl sites for hydroxylation is 1. The van der Waals surface area contributed by atoms with Crippen molar-refractivity contribution in [2.45, 2.75) is 27.3 Å². The third-order valence-electron chi connectivity index (χ3n) is 6.01. The first-order valence-electron chi connectivity index (χ1n) is 10.8. The lowest BCUT2D eigenvalue weighted by atomic mass is 10.1. The topological polar surface area (TPSA) is 65.0 Å². The second kappa shape index (κ2) is 8.94. The van der Waals surface area contributed by atoms with Gasteiger partial charge in [-0.1, -0.05) is 48.9 Å². The molecule has 0 spiro atoms. The highest BCUT2D eigenvalue weighted by molar-refractivity contribution is 8.00. The van der Waals surface area contributed by atoms with E-state index >= 15 is 0 Å². The fourth-order valence-electron chi connectivity index (χ4n) is 4.07. The van der Waals surface area contributed by atoms with Crippen LogP contribution in [0, 0.1) is 6.92 Å². The molecule has 0 bridgehead atoms. The van der Waals surface area contributed by atoms with Crippen LogP contribution in [-0.4, -0.2) is 56.8 Å². The zero-order valence-electron chi connectivity index (χ0n) is 18.4. The molecule has 0 amide bonds. The normalized spacial score (nSPS) is 19.5. The highest BCUT2D eigenvalue weighted by atomic mass is 32.2. The molecule has 2 aromatic carbocycles. The van der Waals surface area contributed by atoms with Gasteiger partial charge >= 0.3 is 0 Å². The summed E-state index contributed by atoms with van der Waals surface area (Å²) in [7, 11) is -3.71. The number of hydrogen-bond donors (Lipinski definition) is 1. The molecule has 0 radical (unpaired) electrons. The standard InChI is InChI=1S/C24H30N4O2S/c1-4-27-13-15-28(16-14-27)17-20-7-11-22(12-8-20)25-24-19(3)23(31(29,30)26-24)21-9-5-18(2)6-10-21/h5-12H,4,13-17H2,1-3H3,(H,25,26). The quantitative estimate of drug-likeness (QED) is 0.771. The van der Waals surface area contributed by atoms with Gasteiger partial charge in [0.05, 0.1) is 0 Å². The SMILES string of the molecule is CCN1CCN(Cc2ccc(NC3=NS(=O)(=O)C(c4ccc(C)cc4)=C3C)cc2)CC1. The molecule has 31 heavy (non-hydrogen) atoms. The van der Waals surface area contributed by atoms with Crippen molar-refractivity contribution < 1.29 is 8.42 Å². The summed E-state index contributed by atoms with van der Waals surface area (Å²) in [5.74, 6) is 0.388. The van der Waals surface area contributed by atoms with Gasteiger partial charge in [-0.2, -0.15) is 8.42 Å². The van der Waals surface area contributed by atoms with Crippen molar-refractivity contribution >= 4 is 26.5 Å². The first-order valence-corrected chi connectivity index (χ1v) is 12.2. The van der Waals surface area contributed by atoms with Crippen molar-refractivity contribution in [1.82, 2.24) is 9.80 Å². The summed E-state index contributed by atoms with van der Waals surface area (Å²) in [4.78, 5) is 5.22. The number of sulfonamides is 1. The Morgan fingerprint density at radius 3 is 2.13 bits per heavy atom. The largest absolute Gasteiger partial charge is 0.339 e. The Balaban J connectivity index is 1.45. The van der Waals surface area contributed by atoms with Crippen molar-refractivity contribution in [3.05, 3.63) is 70.8 Å². The highest BCUT2D eigenvalue weighted by Gasteiger charge is 2.31. The number of nitrogens with zero attached hydrogens (tertiary/aromatic N) is 3. The van der Waals surface area contributed by atoms with E-state index in [0.29, 0.717) is 17.0 Å². The van der Waals surface area contributed by atoms with Gasteiger partial charge in [0, 0.05) is 44.0 Å². The lowest BCUT2D eigenvalue weighted by molar-refractivity contribution is 0.132. The summed E-state index contributed by atoms with van der Waals surface area (Å²) in [6.07, 6.45) is 0. The van der Waals surface area contributed by atoms with E-state index in [1.807, 2.05) is 43.3 Å². The van der Waals surface area contributed by atoms with Crippen molar-refractivity contribution in [2.75, 3.05) is 38.0 Å². The van der Waals surface area contributed by atoms with Crippen molar-refractivity contribution in [2.24, 2.45) is 4.40 Å². The van der Waals surface area contributed by atoms with Crippen LogP contribution < -0.4 is 5.32 Å². The predicted octanol–water partition coefficient (Wildman–Crippen LogP) is 3.72. The van der Waals surface area contributed by atoms with Gasteiger partial charge in [-0.05, 0) is 43.7 Å². The maximum atomic E-state index is 12.7. The van der Waals surface area contributed by atoms with E-state index in [0.717, 1.165) is 50.5 Å². The molecule has 0 saturated carbocycles. The third kappa shape index (κ3) is 4.89. The molecule has 0 aromatic heterocycles. The summed E-state index contributed by atoms with van der Waals surface area (Å²) >= 11 is 0. The monoisotopic (exact) mass is 438 g/mol. The van der Waals surface area contributed by atoms with Gasteiger partial charge in [-0.3, -0.25) is 4.90 Å². The Morgan fingerprint density at radius 2 is 1.52 bits per heavy atom. The zero-order valence-corrected chi connectivity index (χ0v) is 19.2. The minimum atomic E-state index is -3.71. The minimum absolute atomic E-state index is 0.276. The molecule has 0 aliphatic carbocycles. The van der Waals surface area contributed by atoms with E-state index in [2.05, 4.69) is 38.6 Å². The fraction of sp³-hybridized carbons (Fsp3) is 0.375. The van der Waals surface area contributed by atoms with E-state index in [1.54, 1.807) is 6.92 Å². The van der Waals surface area contributed by atoms with Crippen LogP contribution in [0.25, 0.3) is 4.91 Å². The van der Waals surface area contributed by atoms with Gasteiger partial charge in [-0.15, -0.1) is 4.40 Å². The fourth-order valence-corrected chi connectivity index (χ4v) is 5.51. The van der Waals surface area contributed by atoms with Crippen LogP contribution in [-0.2, 0) is 16.6 Å². The van der Waals surface area contributed by atoms with Crippen molar-refractivity contribution in [3.63, 3.8) is 0 Å². The molecular weight excluding hydrogens is 408 g/mol. The number of nitrogens with one attached hydrogen (secondary N) is 1. The van der Waals surface area contributed by atoms with Gasteiger partial charge in [0.15, 0.2) is 0 Å². The number of rotatable bonds is 5. The first kappa shape index (κ1) is 21.7. The molecule has 0 atom stereocenters. The molecule has 164 valence electrons. The summed E-state index contributed by atoms with van der Waals surface area (Å²) in [5.41, 5.74) is 4.48. The number of benzene rings is 2. The molecule has 2 aromatic rings. The Labute approximate surface area is 185 Å². The van der Waals surface area contributed by atoms with Crippen LogP contribution in [0.1, 0.15) is 30.5 Å². The highest BCUT2D eigenvalue weighted by Crippen LogP contribution is 2.33. The van der Waals surface area contributed by atoms with Crippen LogP contribution in [0.5, 0.6) is 0 Å². The molecule has 6 nitrogen and oxygen atoms in total. The average Bonchev–Trinajstić information content (AvgIpc) is 2.98.